The summed E-state index contributed by atoms with van der Waals surface area (Å²) in [6.07, 6.45) is 2.07. The van der Waals surface area contributed by atoms with Crippen LogP contribution in [0.4, 0.5) is 4.79 Å². The van der Waals surface area contributed by atoms with Crippen molar-refractivity contribution < 1.29 is 14.3 Å². The van der Waals surface area contributed by atoms with Gasteiger partial charge in [-0.25, -0.2) is 4.79 Å². The molecule has 1 amide bonds. The average molecular weight is 296 g/mol. The fraction of sp³-hybridized carbons (Fsp3) is 0.467. The van der Waals surface area contributed by atoms with Crippen LogP contribution in [0.2, 0.25) is 0 Å². The van der Waals surface area contributed by atoms with Gasteiger partial charge in [0.05, 0.1) is 11.9 Å². The lowest BCUT2D eigenvalue weighted by molar-refractivity contribution is -0.122. The van der Waals surface area contributed by atoms with Gasteiger partial charge in [0.15, 0.2) is 5.78 Å². The first kappa shape index (κ1) is 14.9. The monoisotopic (exact) mass is 295 g/mol. The molecule has 1 fully saturated rings. The van der Waals surface area contributed by atoms with Crippen LogP contribution in [0.25, 0.3) is 0 Å². The molecule has 1 aliphatic heterocycles. The molecule has 1 aliphatic rings. The topological polar surface area (TPSA) is 46.6 Å². The number of carbonyl (C=O) groups is 2. The number of ketones is 1. The Morgan fingerprint density at radius 3 is 2.70 bits per heavy atom. The highest BCUT2D eigenvalue weighted by atomic mass is 35.5. The van der Waals surface area contributed by atoms with Crippen molar-refractivity contribution in [3.8, 4) is 0 Å². The number of Topliss-reactive ketones (excluding diaryl/α,β-unsaturated/α-hetero) is 1. The van der Waals surface area contributed by atoms with Crippen molar-refractivity contribution >= 4 is 23.5 Å². The number of carbonyl (C=O) groups excluding carboxylic acids is 2. The van der Waals surface area contributed by atoms with Gasteiger partial charge in [-0.05, 0) is 24.8 Å². The first-order valence-electron chi connectivity index (χ1n) is 6.78. The summed E-state index contributed by atoms with van der Waals surface area (Å²) in [6, 6.07) is 9.05. The summed E-state index contributed by atoms with van der Waals surface area (Å²) in [5, 5.41) is 0. The zero-order valence-electron chi connectivity index (χ0n) is 11.3. The molecule has 0 N–H and O–H groups in total. The van der Waals surface area contributed by atoms with Gasteiger partial charge < -0.3 is 4.74 Å². The van der Waals surface area contributed by atoms with Crippen molar-refractivity contribution in [2.75, 3.05) is 12.4 Å². The zero-order chi connectivity index (χ0) is 14.4. The van der Waals surface area contributed by atoms with Crippen molar-refractivity contribution in [3.63, 3.8) is 0 Å². The molecule has 5 heteroatoms. The Hall–Kier alpha value is -1.55. The van der Waals surface area contributed by atoms with Gasteiger partial charge in [0.1, 0.15) is 6.61 Å². The molecule has 0 aromatic heterocycles. The molecule has 0 radical (unpaired) electrons. The second-order valence-corrected chi connectivity index (χ2v) is 5.11. The van der Waals surface area contributed by atoms with E-state index in [1.807, 2.05) is 30.3 Å². The van der Waals surface area contributed by atoms with E-state index < -0.39 is 12.1 Å². The third-order valence-corrected chi connectivity index (χ3v) is 3.71. The molecule has 0 unspecified atom stereocenters. The normalized spacial score (nSPS) is 18.6. The largest absolute Gasteiger partial charge is 0.445 e. The number of nitrogens with zero attached hydrogens (tertiary/aromatic N) is 1. The number of hydrogen-bond donors (Lipinski definition) is 0. The molecule has 20 heavy (non-hydrogen) atoms. The van der Waals surface area contributed by atoms with Crippen molar-refractivity contribution in [1.82, 2.24) is 4.90 Å². The summed E-state index contributed by atoms with van der Waals surface area (Å²) < 4.78 is 5.28. The van der Waals surface area contributed by atoms with E-state index in [1.165, 1.54) is 4.90 Å². The molecule has 0 bridgehead atoms. The Morgan fingerprint density at radius 2 is 2.00 bits per heavy atom. The maximum Gasteiger partial charge on any atom is 0.410 e. The summed E-state index contributed by atoms with van der Waals surface area (Å²) in [7, 11) is 0. The summed E-state index contributed by atoms with van der Waals surface area (Å²) in [4.78, 5) is 25.4. The molecule has 1 atom stereocenters. The van der Waals surface area contributed by atoms with E-state index in [0.29, 0.717) is 13.0 Å². The van der Waals surface area contributed by atoms with Crippen molar-refractivity contribution in [1.29, 1.82) is 0 Å². The highest BCUT2D eigenvalue weighted by Crippen LogP contribution is 2.19. The predicted molar refractivity (Wildman–Crippen MR) is 76.7 cm³/mol. The number of alkyl halides is 1. The fourth-order valence-corrected chi connectivity index (χ4v) is 2.55. The van der Waals surface area contributed by atoms with Crippen LogP contribution in [0.15, 0.2) is 30.3 Å². The molecule has 1 heterocycles. The third-order valence-electron chi connectivity index (χ3n) is 3.45. The smallest absolute Gasteiger partial charge is 0.410 e. The predicted octanol–water partition coefficient (Wildman–Crippen LogP) is 2.99. The van der Waals surface area contributed by atoms with E-state index in [0.717, 1.165) is 18.4 Å². The van der Waals surface area contributed by atoms with Gasteiger partial charge in [0, 0.05) is 6.54 Å². The second kappa shape index (κ2) is 7.29. The minimum Gasteiger partial charge on any atom is -0.445 e. The third kappa shape index (κ3) is 3.73. The van der Waals surface area contributed by atoms with Crippen LogP contribution < -0.4 is 0 Å². The lowest BCUT2D eigenvalue weighted by Crippen LogP contribution is -2.48. The van der Waals surface area contributed by atoms with E-state index in [9.17, 15) is 9.59 Å². The summed E-state index contributed by atoms with van der Waals surface area (Å²) in [5.41, 5.74) is 0.929. The van der Waals surface area contributed by atoms with Crippen LogP contribution in [-0.4, -0.2) is 35.2 Å². The van der Waals surface area contributed by atoms with Crippen molar-refractivity contribution in [2.45, 2.75) is 31.9 Å². The summed E-state index contributed by atoms with van der Waals surface area (Å²) >= 11 is 5.60. The number of halogens is 1. The lowest BCUT2D eigenvalue weighted by Gasteiger charge is -2.33. The minimum atomic E-state index is -0.433. The first-order chi connectivity index (χ1) is 9.72. The van der Waals surface area contributed by atoms with E-state index in [1.54, 1.807) is 0 Å². The quantitative estimate of drug-likeness (QED) is 0.802. The molecule has 1 saturated heterocycles. The van der Waals surface area contributed by atoms with Crippen LogP contribution >= 0.6 is 11.6 Å². The van der Waals surface area contributed by atoms with E-state index >= 15 is 0 Å². The van der Waals surface area contributed by atoms with Crippen LogP contribution in [0, 0.1) is 0 Å². The van der Waals surface area contributed by atoms with Gasteiger partial charge in [-0.15, -0.1) is 11.6 Å². The standard InChI is InChI=1S/C15H18ClNO3/c16-10-14(18)13-8-4-5-9-17(13)15(19)20-11-12-6-2-1-3-7-12/h1-3,6-7,13H,4-5,8-11H2/t13-/m1/s1. The number of hydrogen-bond acceptors (Lipinski definition) is 3. The highest BCUT2D eigenvalue weighted by Gasteiger charge is 2.32. The first-order valence-corrected chi connectivity index (χ1v) is 7.32. The fourth-order valence-electron chi connectivity index (χ4n) is 2.38. The maximum atomic E-state index is 12.1. The van der Waals surface area contributed by atoms with Crippen molar-refractivity contribution in [3.05, 3.63) is 35.9 Å². The molecular weight excluding hydrogens is 278 g/mol. The Morgan fingerprint density at radius 1 is 1.25 bits per heavy atom. The van der Waals surface area contributed by atoms with E-state index in [2.05, 4.69) is 0 Å². The summed E-state index contributed by atoms with van der Waals surface area (Å²) in [6.45, 7) is 0.777. The van der Waals surface area contributed by atoms with Gasteiger partial charge in [-0.1, -0.05) is 30.3 Å². The van der Waals surface area contributed by atoms with Gasteiger partial charge in [-0.3, -0.25) is 9.69 Å². The number of piperidine rings is 1. The summed E-state index contributed by atoms with van der Waals surface area (Å²) in [5.74, 6) is -0.171. The number of rotatable bonds is 4. The zero-order valence-corrected chi connectivity index (χ0v) is 12.0. The molecule has 108 valence electrons. The Kier molecular flexibility index (Phi) is 5.41. The molecule has 0 saturated carbocycles. The van der Waals surface area contributed by atoms with Crippen LogP contribution in [0.1, 0.15) is 24.8 Å². The Balaban J connectivity index is 1.94. The van der Waals surface area contributed by atoms with Crippen molar-refractivity contribution in [2.24, 2.45) is 0 Å². The molecule has 2 rings (SSSR count). The molecule has 0 spiro atoms. The highest BCUT2D eigenvalue weighted by molar-refractivity contribution is 6.28. The van der Waals surface area contributed by atoms with Gasteiger partial charge in [0.2, 0.25) is 0 Å². The van der Waals surface area contributed by atoms with Gasteiger partial charge in [0.25, 0.3) is 0 Å². The molecule has 0 aliphatic carbocycles. The average Bonchev–Trinajstić information content (AvgIpc) is 2.52. The Labute approximate surface area is 123 Å². The molecule has 1 aromatic carbocycles. The number of benzene rings is 1. The SMILES string of the molecule is O=C(CCl)[C@H]1CCCCN1C(=O)OCc1ccccc1. The van der Waals surface area contributed by atoms with Crippen LogP contribution in [-0.2, 0) is 16.1 Å². The molecule has 4 nitrogen and oxygen atoms in total. The van der Waals surface area contributed by atoms with Gasteiger partial charge in [-0.2, -0.15) is 0 Å². The Bertz CT molecular complexity index is 463. The minimum absolute atomic E-state index is 0.0624. The number of ether oxygens (including phenoxy) is 1. The lowest BCUT2D eigenvalue weighted by atomic mass is 10.00. The van der Waals surface area contributed by atoms with Gasteiger partial charge >= 0.3 is 6.09 Å². The van der Waals surface area contributed by atoms with Crippen LogP contribution in [0.3, 0.4) is 0 Å². The maximum absolute atomic E-state index is 12.1. The molecule has 1 aromatic rings. The van der Waals surface area contributed by atoms with E-state index in [-0.39, 0.29) is 18.3 Å². The molecular formula is C15H18ClNO3. The van der Waals surface area contributed by atoms with E-state index in [4.69, 9.17) is 16.3 Å². The second-order valence-electron chi connectivity index (χ2n) is 4.85. The van der Waals surface area contributed by atoms with Crippen LogP contribution in [0.5, 0.6) is 0 Å². The number of likely N-dealkylation sites (tertiary alicyclic amines) is 1. The number of amides is 1.